The van der Waals surface area contributed by atoms with E-state index in [1.165, 1.54) is 0 Å². The number of aliphatic hydroxyl groups excluding tert-OH is 1. The smallest absolute Gasteiger partial charge is 0.290 e. The summed E-state index contributed by atoms with van der Waals surface area (Å²) >= 11 is 3.46. The number of aromatic nitrogens is 1. The molecule has 0 fully saturated rings. The molecule has 0 saturated heterocycles. The fraction of sp³-hybridized carbons (Fsp3) is 0.130. The third kappa shape index (κ3) is 3.45. The van der Waals surface area contributed by atoms with Crippen molar-refractivity contribution < 1.29 is 9.90 Å². The van der Waals surface area contributed by atoms with Crippen LogP contribution < -0.4 is 0 Å². The van der Waals surface area contributed by atoms with Crippen LogP contribution in [-0.2, 0) is 11.3 Å². The molecule has 28 heavy (non-hydrogen) atoms. The Labute approximate surface area is 172 Å². The molecular weight excluding hydrogens is 416 g/mol. The lowest BCUT2D eigenvalue weighted by atomic mass is 9.93. The highest BCUT2D eigenvalue weighted by Crippen LogP contribution is 2.43. The fourth-order valence-electron chi connectivity index (χ4n) is 3.50. The van der Waals surface area contributed by atoms with E-state index in [-0.39, 0.29) is 17.7 Å². The second kappa shape index (κ2) is 7.60. The average Bonchev–Trinajstić information content (AvgIpc) is 2.95. The van der Waals surface area contributed by atoms with E-state index in [0.717, 1.165) is 26.9 Å². The molecule has 2 heterocycles. The second-order valence-electron chi connectivity index (χ2n) is 6.84. The Morgan fingerprint density at radius 3 is 2.39 bits per heavy atom. The third-order valence-electron chi connectivity index (χ3n) is 4.91. The standard InChI is InChI=1S/C23H19BrN2O2/c1-15-5-7-16(8-6-15)20-21(17-9-11-18(24)12-10-17)26(23(28)22(20)27)14-19-4-2-3-13-25-19/h2-13,21,27H,14H2,1H3. The maximum Gasteiger partial charge on any atom is 0.290 e. The highest BCUT2D eigenvalue weighted by molar-refractivity contribution is 9.10. The molecule has 1 aromatic heterocycles. The van der Waals surface area contributed by atoms with Gasteiger partial charge in [0.25, 0.3) is 5.91 Å². The number of nitrogens with zero attached hydrogens (tertiary/aromatic N) is 2. The Morgan fingerprint density at radius 2 is 1.75 bits per heavy atom. The van der Waals surface area contributed by atoms with Gasteiger partial charge in [-0.25, -0.2) is 0 Å². The molecule has 1 atom stereocenters. The highest BCUT2D eigenvalue weighted by atomic mass is 79.9. The van der Waals surface area contributed by atoms with Crippen molar-refractivity contribution in [1.82, 2.24) is 9.88 Å². The number of carbonyl (C=O) groups excluding carboxylic acids is 1. The average molecular weight is 435 g/mol. The largest absolute Gasteiger partial charge is 0.503 e. The number of aryl methyl sites for hydroxylation is 1. The van der Waals surface area contributed by atoms with Gasteiger partial charge in [-0.3, -0.25) is 9.78 Å². The number of benzene rings is 2. The molecule has 0 saturated carbocycles. The summed E-state index contributed by atoms with van der Waals surface area (Å²) in [5, 5.41) is 10.8. The van der Waals surface area contributed by atoms with E-state index in [2.05, 4.69) is 20.9 Å². The van der Waals surface area contributed by atoms with Gasteiger partial charge < -0.3 is 10.0 Å². The van der Waals surface area contributed by atoms with E-state index >= 15 is 0 Å². The number of rotatable bonds is 4. The number of hydrogen-bond donors (Lipinski definition) is 1. The molecule has 0 spiro atoms. The molecule has 0 aliphatic carbocycles. The van der Waals surface area contributed by atoms with Crippen LogP contribution in [0.5, 0.6) is 0 Å². The molecule has 0 radical (unpaired) electrons. The van der Waals surface area contributed by atoms with E-state index in [1.54, 1.807) is 11.1 Å². The van der Waals surface area contributed by atoms with Crippen LogP contribution in [0.3, 0.4) is 0 Å². The Morgan fingerprint density at radius 1 is 1.04 bits per heavy atom. The van der Waals surface area contributed by atoms with Gasteiger partial charge in [-0.15, -0.1) is 0 Å². The Balaban J connectivity index is 1.81. The molecule has 4 rings (SSSR count). The van der Waals surface area contributed by atoms with Gasteiger partial charge in [-0.05, 0) is 42.3 Å². The molecule has 1 aliphatic rings. The maximum absolute atomic E-state index is 13.0. The van der Waals surface area contributed by atoms with Crippen molar-refractivity contribution >= 4 is 27.4 Å². The van der Waals surface area contributed by atoms with E-state index in [4.69, 9.17) is 0 Å². The summed E-state index contributed by atoms with van der Waals surface area (Å²) in [5.41, 5.74) is 4.30. The van der Waals surface area contributed by atoms with Gasteiger partial charge in [0, 0.05) is 16.2 Å². The number of pyridine rings is 1. The second-order valence-corrected chi connectivity index (χ2v) is 7.75. The minimum Gasteiger partial charge on any atom is -0.503 e. The molecule has 3 aromatic rings. The van der Waals surface area contributed by atoms with Gasteiger partial charge in [0.05, 0.1) is 18.3 Å². The summed E-state index contributed by atoms with van der Waals surface area (Å²) in [7, 11) is 0. The maximum atomic E-state index is 13.0. The van der Waals surface area contributed by atoms with Crippen molar-refractivity contribution in [3.8, 4) is 0 Å². The first-order valence-electron chi connectivity index (χ1n) is 9.01. The van der Waals surface area contributed by atoms with Gasteiger partial charge >= 0.3 is 0 Å². The highest BCUT2D eigenvalue weighted by Gasteiger charge is 2.41. The molecule has 2 aromatic carbocycles. The lowest BCUT2D eigenvalue weighted by molar-refractivity contribution is -0.130. The Hall–Kier alpha value is -2.92. The zero-order valence-corrected chi connectivity index (χ0v) is 16.9. The van der Waals surface area contributed by atoms with Crippen molar-refractivity contribution in [1.29, 1.82) is 0 Å². The van der Waals surface area contributed by atoms with Crippen LogP contribution in [0.1, 0.15) is 28.4 Å². The number of carbonyl (C=O) groups is 1. The van der Waals surface area contributed by atoms with Gasteiger partial charge in [0.2, 0.25) is 0 Å². The zero-order valence-electron chi connectivity index (χ0n) is 15.3. The summed E-state index contributed by atoms with van der Waals surface area (Å²) in [4.78, 5) is 19.0. The Kier molecular flexibility index (Phi) is 5.01. The molecule has 1 unspecified atom stereocenters. The SMILES string of the molecule is Cc1ccc(C2=C(O)C(=O)N(Cc3ccccn3)C2c2ccc(Br)cc2)cc1. The first-order chi connectivity index (χ1) is 13.5. The molecule has 1 aliphatic heterocycles. The van der Waals surface area contributed by atoms with Gasteiger partial charge in [-0.1, -0.05) is 64.0 Å². The minimum absolute atomic E-state index is 0.201. The first-order valence-corrected chi connectivity index (χ1v) is 9.80. The monoisotopic (exact) mass is 434 g/mol. The Bertz CT molecular complexity index is 1030. The molecular formula is C23H19BrN2O2. The van der Waals surface area contributed by atoms with Crippen molar-refractivity contribution in [2.24, 2.45) is 0 Å². The quantitative estimate of drug-likeness (QED) is 0.613. The van der Waals surface area contributed by atoms with E-state index < -0.39 is 0 Å². The van der Waals surface area contributed by atoms with Crippen molar-refractivity contribution in [3.63, 3.8) is 0 Å². The van der Waals surface area contributed by atoms with Crippen LogP contribution in [-0.4, -0.2) is 20.9 Å². The van der Waals surface area contributed by atoms with E-state index in [9.17, 15) is 9.90 Å². The summed E-state index contributed by atoms with van der Waals surface area (Å²) in [5.74, 6) is -0.582. The van der Waals surface area contributed by atoms with Gasteiger partial charge in [0.15, 0.2) is 5.76 Å². The molecule has 0 bridgehead atoms. The van der Waals surface area contributed by atoms with E-state index in [0.29, 0.717) is 12.1 Å². The van der Waals surface area contributed by atoms with Gasteiger partial charge in [0.1, 0.15) is 0 Å². The van der Waals surface area contributed by atoms with Crippen LogP contribution in [0.4, 0.5) is 0 Å². The number of halogens is 1. The summed E-state index contributed by atoms with van der Waals surface area (Å²) < 4.78 is 0.960. The van der Waals surface area contributed by atoms with Crippen molar-refractivity contribution in [2.75, 3.05) is 0 Å². The van der Waals surface area contributed by atoms with Crippen LogP contribution in [0.2, 0.25) is 0 Å². The zero-order chi connectivity index (χ0) is 19.7. The molecule has 1 amide bonds. The van der Waals surface area contributed by atoms with Crippen LogP contribution in [0.15, 0.2) is 83.2 Å². The topological polar surface area (TPSA) is 53.4 Å². The summed E-state index contributed by atoms with van der Waals surface area (Å²) in [6.45, 7) is 2.33. The molecule has 4 nitrogen and oxygen atoms in total. The predicted molar refractivity (Wildman–Crippen MR) is 112 cm³/mol. The van der Waals surface area contributed by atoms with Crippen LogP contribution in [0.25, 0.3) is 5.57 Å². The predicted octanol–water partition coefficient (Wildman–Crippen LogP) is 5.21. The minimum atomic E-state index is -0.384. The number of amides is 1. The summed E-state index contributed by atoms with van der Waals surface area (Å²) in [6.07, 6.45) is 1.71. The third-order valence-corrected chi connectivity index (χ3v) is 5.44. The van der Waals surface area contributed by atoms with E-state index in [1.807, 2.05) is 73.7 Å². The summed E-state index contributed by atoms with van der Waals surface area (Å²) in [6, 6.07) is 20.9. The number of hydrogen-bond acceptors (Lipinski definition) is 3. The lowest BCUT2D eigenvalue weighted by Crippen LogP contribution is -2.30. The number of aliphatic hydroxyl groups is 1. The first kappa shape index (κ1) is 18.4. The van der Waals surface area contributed by atoms with Gasteiger partial charge in [-0.2, -0.15) is 0 Å². The lowest BCUT2D eigenvalue weighted by Gasteiger charge is -2.27. The molecule has 140 valence electrons. The van der Waals surface area contributed by atoms with Crippen molar-refractivity contribution in [3.05, 3.63) is 106 Å². The fourth-order valence-corrected chi connectivity index (χ4v) is 3.77. The normalized spacial score (nSPS) is 16.7. The van der Waals surface area contributed by atoms with Crippen LogP contribution in [0, 0.1) is 6.92 Å². The molecule has 1 N–H and O–H groups in total. The molecule has 5 heteroatoms. The van der Waals surface area contributed by atoms with Crippen LogP contribution >= 0.6 is 15.9 Å². The van der Waals surface area contributed by atoms with Crippen molar-refractivity contribution in [2.45, 2.75) is 19.5 Å².